The fourth-order valence-electron chi connectivity index (χ4n) is 2.73. The Kier molecular flexibility index (Phi) is 6.12. The summed E-state index contributed by atoms with van der Waals surface area (Å²) in [6, 6.07) is 11.9. The predicted molar refractivity (Wildman–Crippen MR) is 95.6 cm³/mol. The smallest absolute Gasteiger partial charge is 0.387 e. The lowest BCUT2D eigenvalue weighted by atomic mass is 9.92. The first kappa shape index (κ1) is 18.9. The van der Waals surface area contributed by atoms with E-state index in [2.05, 4.69) is 10.1 Å². The Morgan fingerprint density at radius 2 is 1.48 bits per heavy atom. The van der Waals surface area contributed by atoms with Crippen molar-refractivity contribution in [1.82, 2.24) is 0 Å². The number of halogens is 2. The van der Waals surface area contributed by atoms with E-state index >= 15 is 0 Å². The number of nitrogens with one attached hydrogen (secondary N) is 1. The van der Waals surface area contributed by atoms with Crippen molar-refractivity contribution < 1.29 is 18.3 Å². The SMILES string of the molecule is CC(C)c1cccc(C(C)C)c1NC(=O)c1ccccc1OC(F)F. The van der Waals surface area contributed by atoms with Gasteiger partial charge in [0.2, 0.25) is 0 Å². The molecule has 0 aromatic heterocycles. The number of carbonyl (C=O) groups excluding carboxylic acids is 1. The van der Waals surface area contributed by atoms with Crippen molar-refractivity contribution >= 4 is 11.6 Å². The van der Waals surface area contributed by atoms with E-state index in [4.69, 9.17) is 0 Å². The van der Waals surface area contributed by atoms with Crippen LogP contribution in [0.5, 0.6) is 5.75 Å². The molecule has 0 aliphatic rings. The van der Waals surface area contributed by atoms with Crippen LogP contribution in [0, 0.1) is 0 Å². The molecule has 0 bridgehead atoms. The van der Waals surface area contributed by atoms with Crippen LogP contribution in [0.2, 0.25) is 0 Å². The molecule has 0 saturated carbocycles. The number of benzene rings is 2. The largest absolute Gasteiger partial charge is 0.434 e. The summed E-state index contributed by atoms with van der Waals surface area (Å²) < 4.78 is 29.6. The molecule has 2 rings (SSSR count). The van der Waals surface area contributed by atoms with Crippen LogP contribution in [0.1, 0.15) is 61.0 Å². The molecule has 0 aliphatic carbocycles. The number of rotatable bonds is 6. The van der Waals surface area contributed by atoms with Crippen LogP contribution in [0.4, 0.5) is 14.5 Å². The first-order valence-electron chi connectivity index (χ1n) is 8.29. The molecule has 0 heterocycles. The normalized spacial score (nSPS) is 11.2. The Bertz CT molecular complexity index is 716. The fourth-order valence-corrected chi connectivity index (χ4v) is 2.73. The first-order chi connectivity index (χ1) is 11.8. The molecule has 3 nitrogen and oxygen atoms in total. The lowest BCUT2D eigenvalue weighted by molar-refractivity contribution is -0.0501. The Balaban J connectivity index is 2.42. The van der Waals surface area contributed by atoms with Gasteiger partial charge in [0, 0.05) is 5.69 Å². The second kappa shape index (κ2) is 8.10. The maximum absolute atomic E-state index is 12.7. The van der Waals surface area contributed by atoms with Crippen molar-refractivity contribution in [1.29, 1.82) is 0 Å². The number of hydrogen-bond acceptors (Lipinski definition) is 2. The lowest BCUT2D eigenvalue weighted by Gasteiger charge is -2.20. The Hall–Kier alpha value is -2.43. The molecule has 0 fully saturated rings. The van der Waals surface area contributed by atoms with Crippen molar-refractivity contribution in [3.63, 3.8) is 0 Å². The van der Waals surface area contributed by atoms with E-state index in [0.717, 1.165) is 16.8 Å². The molecule has 5 heteroatoms. The van der Waals surface area contributed by atoms with Crippen molar-refractivity contribution in [2.45, 2.75) is 46.1 Å². The summed E-state index contributed by atoms with van der Waals surface area (Å²) in [7, 11) is 0. The van der Waals surface area contributed by atoms with Gasteiger partial charge in [-0.25, -0.2) is 0 Å². The van der Waals surface area contributed by atoms with Gasteiger partial charge in [0.15, 0.2) is 0 Å². The monoisotopic (exact) mass is 347 g/mol. The van der Waals surface area contributed by atoms with Gasteiger partial charge in [0.05, 0.1) is 5.56 Å². The molecule has 0 unspecified atom stereocenters. The molecule has 0 spiro atoms. The lowest BCUT2D eigenvalue weighted by Crippen LogP contribution is -2.17. The second-order valence-electron chi connectivity index (χ2n) is 6.45. The van der Waals surface area contributed by atoms with Crippen LogP contribution in [0.3, 0.4) is 0 Å². The number of ether oxygens (including phenoxy) is 1. The molecule has 25 heavy (non-hydrogen) atoms. The van der Waals surface area contributed by atoms with Crippen LogP contribution in [0.15, 0.2) is 42.5 Å². The minimum atomic E-state index is -2.98. The van der Waals surface area contributed by atoms with Gasteiger partial charge in [-0.05, 0) is 35.1 Å². The molecule has 1 N–H and O–H groups in total. The van der Waals surface area contributed by atoms with Crippen LogP contribution >= 0.6 is 0 Å². The van der Waals surface area contributed by atoms with E-state index < -0.39 is 12.5 Å². The molecule has 134 valence electrons. The van der Waals surface area contributed by atoms with Gasteiger partial charge in [-0.2, -0.15) is 8.78 Å². The highest BCUT2D eigenvalue weighted by Gasteiger charge is 2.20. The highest BCUT2D eigenvalue weighted by Crippen LogP contribution is 2.33. The summed E-state index contributed by atoms with van der Waals surface area (Å²) in [6.07, 6.45) is 0. The van der Waals surface area contributed by atoms with E-state index in [1.165, 1.54) is 12.1 Å². The van der Waals surface area contributed by atoms with Crippen LogP contribution in [-0.2, 0) is 0 Å². The zero-order chi connectivity index (χ0) is 18.6. The predicted octanol–water partition coefficient (Wildman–Crippen LogP) is 5.79. The van der Waals surface area contributed by atoms with Crippen LogP contribution in [0.25, 0.3) is 0 Å². The van der Waals surface area contributed by atoms with E-state index in [0.29, 0.717) is 0 Å². The summed E-state index contributed by atoms with van der Waals surface area (Å²) in [5.41, 5.74) is 2.83. The summed E-state index contributed by atoms with van der Waals surface area (Å²) in [4.78, 5) is 12.7. The molecule has 0 saturated heterocycles. The minimum absolute atomic E-state index is 0.0797. The van der Waals surface area contributed by atoms with Gasteiger partial charge >= 0.3 is 6.61 Å². The molecular weight excluding hydrogens is 324 g/mol. The van der Waals surface area contributed by atoms with E-state index in [1.54, 1.807) is 12.1 Å². The number of anilines is 1. The van der Waals surface area contributed by atoms with Gasteiger partial charge in [-0.15, -0.1) is 0 Å². The molecule has 2 aromatic rings. The van der Waals surface area contributed by atoms with Crippen LogP contribution in [-0.4, -0.2) is 12.5 Å². The van der Waals surface area contributed by atoms with Crippen molar-refractivity contribution in [2.75, 3.05) is 5.32 Å². The highest BCUT2D eigenvalue weighted by atomic mass is 19.3. The fraction of sp³-hybridized carbons (Fsp3) is 0.350. The van der Waals surface area contributed by atoms with Crippen molar-refractivity contribution in [3.05, 3.63) is 59.2 Å². The number of hydrogen-bond donors (Lipinski definition) is 1. The van der Waals surface area contributed by atoms with E-state index in [1.807, 2.05) is 45.9 Å². The maximum Gasteiger partial charge on any atom is 0.387 e. The Morgan fingerprint density at radius 3 is 2.00 bits per heavy atom. The molecular formula is C20H23F2NO2. The summed E-state index contributed by atoms with van der Waals surface area (Å²) in [6.45, 7) is 5.20. The molecule has 0 radical (unpaired) electrons. The molecule has 1 amide bonds. The van der Waals surface area contributed by atoms with Gasteiger partial charge < -0.3 is 10.1 Å². The molecule has 0 aliphatic heterocycles. The van der Waals surface area contributed by atoms with Gasteiger partial charge in [0.1, 0.15) is 5.75 Å². The third-order valence-corrected chi connectivity index (χ3v) is 3.96. The molecule has 0 atom stereocenters. The zero-order valence-electron chi connectivity index (χ0n) is 14.8. The average Bonchev–Trinajstić information content (AvgIpc) is 2.54. The standard InChI is InChI=1S/C20H23F2NO2/c1-12(2)14-9-7-10-15(13(3)4)18(14)23-19(24)16-8-5-6-11-17(16)25-20(21)22/h5-13,20H,1-4H3,(H,23,24). The summed E-state index contributed by atoms with van der Waals surface area (Å²) >= 11 is 0. The van der Waals surface area contributed by atoms with E-state index in [-0.39, 0.29) is 23.1 Å². The average molecular weight is 347 g/mol. The van der Waals surface area contributed by atoms with Crippen molar-refractivity contribution in [3.8, 4) is 5.75 Å². The highest BCUT2D eigenvalue weighted by molar-refractivity contribution is 6.07. The van der Waals surface area contributed by atoms with Gasteiger partial charge in [-0.1, -0.05) is 58.0 Å². The minimum Gasteiger partial charge on any atom is -0.434 e. The van der Waals surface area contributed by atoms with Crippen molar-refractivity contribution in [2.24, 2.45) is 0 Å². The molecule has 2 aromatic carbocycles. The zero-order valence-corrected chi connectivity index (χ0v) is 14.8. The quantitative estimate of drug-likeness (QED) is 0.718. The Morgan fingerprint density at radius 1 is 0.920 bits per heavy atom. The van der Waals surface area contributed by atoms with Crippen LogP contribution < -0.4 is 10.1 Å². The summed E-state index contributed by atoms with van der Waals surface area (Å²) in [5.74, 6) is -0.183. The second-order valence-corrected chi connectivity index (χ2v) is 6.45. The third-order valence-electron chi connectivity index (χ3n) is 3.96. The maximum atomic E-state index is 12.7. The number of alkyl halides is 2. The third kappa shape index (κ3) is 4.56. The topological polar surface area (TPSA) is 38.3 Å². The number of amides is 1. The van der Waals surface area contributed by atoms with Gasteiger partial charge in [0.25, 0.3) is 5.91 Å². The van der Waals surface area contributed by atoms with Gasteiger partial charge in [-0.3, -0.25) is 4.79 Å². The number of carbonyl (C=O) groups is 1. The first-order valence-corrected chi connectivity index (χ1v) is 8.29. The van der Waals surface area contributed by atoms with E-state index in [9.17, 15) is 13.6 Å². The summed E-state index contributed by atoms with van der Waals surface area (Å²) in [5, 5.41) is 2.91. The Labute approximate surface area is 147 Å². The number of para-hydroxylation sites is 2.